The fourth-order valence-corrected chi connectivity index (χ4v) is 3.52. The number of nitro groups is 1. The van der Waals surface area contributed by atoms with Crippen LogP contribution < -0.4 is 19.7 Å². The summed E-state index contributed by atoms with van der Waals surface area (Å²) < 4.78 is 34.3. The second-order valence-corrected chi connectivity index (χ2v) is 7.02. The Labute approximate surface area is 177 Å². The zero-order chi connectivity index (χ0) is 22.4. The van der Waals surface area contributed by atoms with E-state index in [1.807, 2.05) is 4.90 Å². The topological polar surface area (TPSA) is 93.9 Å². The summed E-state index contributed by atoms with van der Waals surface area (Å²) in [6.45, 7) is -1.19. The van der Waals surface area contributed by atoms with Crippen LogP contribution in [0.3, 0.4) is 0 Å². The highest BCUT2D eigenvalue weighted by molar-refractivity contribution is 5.95. The van der Waals surface area contributed by atoms with E-state index in [9.17, 15) is 23.7 Å². The van der Waals surface area contributed by atoms with Gasteiger partial charge in [0.2, 0.25) is 0 Å². The van der Waals surface area contributed by atoms with Crippen LogP contribution >= 0.6 is 0 Å². The van der Waals surface area contributed by atoms with Crippen LogP contribution in [0, 0.1) is 10.1 Å². The monoisotopic (exact) mass is 435 g/mol. The van der Waals surface area contributed by atoms with Crippen LogP contribution in [0.15, 0.2) is 36.4 Å². The molecule has 8 nitrogen and oxygen atoms in total. The van der Waals surface area contributed by atoms with Gasteiger partial charge < -0.3 is 19.7 Å². The summed E-state index contributed by atoms with van der Waals surface area (Å²) in [4.78, 5) is 25.4. The molecule has 3 rings (SSSR count). The van der Waals surface area contributed by atoms with Crippen molar-refractivity contribution >= 4 is 17.3 Å². The van der Waals surface area contributed by atoms with E-state index in [-0.39, 0.29) is 29.3 Å². The number of alkyl halides is 2. The smallest absolute Gasteiger partial charge is 0.387 e. The standard InChI is InChI=1S/C21H23F2N3O5/c1-30-19-12-14(4-7-18(19)31-21(22)23)8-9-24-20(27)15-5-6-16(17(13-15)26(28)29)25-10-2-3-11-25/h4-7,12-13,21H,2-3,8-11H2,1H3,(H,24,27). The minimum atomic E-state index is -2.96. The number of hydrogen-bond donors (Lipinski definition) is 1. The van der Waals surface area contributed by atoms with Crippen LogP contribution in [-0.2, 0) is 6.42 Å². The summed E-state index contributed by atoms with van der Waals surface area (Å²) in [6, 6.07) is 9.02. The summed E-state index contributed by atoms with van der Waals surface area (Å²) >= 11 is 0. The second-order valence-electron chi connectivity index (χ2n) is 7.02. The van der Waals surface area contributed by atoms with Crippen molar-refractivity contribution < 1.29 is 28.0 Å². The maximum absolute atomic E-state index is 12.5. The zero-order valence-electron chi connectivity index (χ0n) is 17.0. The second kappa shape index (κ2) is 10.1. The lowest BCUT2D eigenvalue weighted by molar-refractivity contribution is -0.384. The molecule has 1 N–H and O–H groups in total. The third kappa shape index (κ3) is 5.59. The van der Waals surface area contributed by atoms with Crippen molar-refractivity contribution in [2.24, 2.45) is 0 Å². The van der Waals surface area contributed by atoms with E-state index < -0.39 is 17.4 Å². The summed E-state index contributed by atoms with van der Waals surface area (Å²) in [5.41, 5.74) is 1.38. The Kier molecular flexibility index (Phi) is 7.22. The van der Waals surface area contributed by atoms with Crippen LogP contribution in [0.1, 0.15) is 28.8 Å². The molecule has 0 spiro atoms. The Hall–Kier alpha value is -3.43. The molecule has 1 amide bonds. The number of benzene rings is 2. The average Bonchev–Trinajstić information content (AvgIpc) is 3.28. The van der Waals surface area contributed by atoms with Crippen molar-refractivity contribution in [3.8, 4) is 11.5 Å². The van der Waals surface area contributed by atoms with Crippen molar-refractivity contribution in [1.82, 2.24) is 5.32 Å². The fraction of sp³-hybridized carbons (Fsp3) is 0.381. The number of methoxy groups -OCH3 is 1. The first kappa shape index (κ1) is 22.3. The van der Waals surface area contributed by atoms with Gasteiger partial charge in [0.1, 0.15) is 5.69 Å². The average molecular weight is 435 g/mol. The van der Waals surface area contributed by atoms with Gasteiger partial charge in [0, 0.05) is 31.3 Å². The van der Waals surface area contributed by atoms with Gasteiger partial charge >= 0.3 is 6.61 Å². The van der Waals surface area contributed by atoms with E-state index in [0.29, 0.717) is 12.1 Å². The van der Waals surface area contributed by atoms with Gasteiger partial charge in [-0.1, -0.05) is 6.07 Å². The number of ether oxygens (including phenoxy) is 2. The SMILES string of the molecule is COc1cc(CCNC(=O)c2ccc(N3CCCC3)c([N+](=O)[O-])c2)ccc1OC(F)F. The lowest BCUT2D eigenvalue weighted by atomic mass is 10.1. The van der Waals surface area contributed by atoms with Crippen molar-refractivity contribution in [2.45, 2.75) is 25.9 Å². The molecule has 1 aliphatic heterocycles. The number of nitrogens with one attached hydrogen (secondary N) is 1. The minimum Gasteiger partial charge on any atom is -0.493 e. The highest BCUT2D eigenvalue weighted by atomic mass is 19.3. The van der Waals surface area contributed by atoms with E-state index in [1.54, 1.807) is 24.3 Å². The lowest BCUT2D eigenvalue weighted by Gasteiger charge is -2.17. The van der Waals surface area contributed by atoms with Crippen molar-refractivity contribution in [3.05, 3.63) is 57.6 Å². The zero-order valence-corrected chi connectivity index (χ0v) is 17.0. The van der Waals surface area contributed by atoms with E-state index in [1.165, 1.54) is 19.2 Å². The molecule has 2 aromatic carbocycles. The molecule has 1 fully saturated rings. The fourth-order valence-electron chi connectivity index (χ4n) is 3.52. The van der Waals surface area contributed by atoms with E-state index >= 15 is 0 Å². The van der Waals surface area contributed by atoms with Crippen molar-refractivity contribution in [1.29, 1.82) is 0 Å². The molecule has 10 heteroatoms. The minimum absolute atomic E-state index is 0.0734. The highest BCUT2D eigenvalue weighted by Crippen LogP contribution is 2.32. The molecule has 166 valence electrons. The Morgan fingerprint density at radius 2 is 1.94 bits per heavy atom. The summed E-state index contributed by atoms with van der Waals surface area (Å²) in [5.74, 6) is -0.339. The molecule has 2 aromatic rings. The Morgan fingerprint density at radius 3 is 2.58 bits per heavy atom. The molecule has 0 atom stereocenters. The molecule has 0 saturated carbocycles. The molecule has 0 aliphatic carbocycles. The number of halogens is 2. The van der Waals surface area contributed by atoms with Crippen molar-refractivity contribution in [3.63, 3.8) is 0 Å². The molecule has 0 aromatic heterocycles. The van der Waals surface area contributed by atoms with Crippen LogP contribution in [0.25, 0.3) is 0 Å². The molecular formula is C21H23F2N3O5. The van der Waals surface area contributed by atoms with Gasteiger partial charge in [-0.05, 0) is 49.1 Å². The maximum atomic E-state index is 12.5. The molecule has 0 radical (unpaired) electrons. The molecule has 1 aliphatic rings. The Morgan fingerprint density at radius 1 is 1.19 bits per heavy atom. The number of carbonyl (C=O) groups is 1. The van der Waals surface area contributed by atoms with Gasteiger partial charge in [-0.15, -0.1) is 0 Å². The normalized spacial score (nSPS) is 13.4. The molecule has 1 saturated heterocycles. The largest absolute Gasteiger partial charge is 0.493 e. The first-order chi connectivity index (χ1) is 14.9. The number of anilines is 1. The third-order valence-electron chi connectivity index (χ3n) is 5.02. The number of carbonyl (C=O) groups excluding carboxylic acids is 1. The predicted octanol–water partition coefficient (Wildman–Crippen LogP) is 3.78. The summed E-state index contributed by atoms with van der Waals surface area (Å²) in [6.07, 6.45) is 2.38. The van der Waals surface area contributed by atoms with Gasteiger partial charge in [-0.25, -0.2) is 0 Å². The molecule has 1 heterocycles. The van der Waals surface area contributed by atoms with Gasteiger partial charge in [0.05, 0.1) is 12.0 Å². The van der Waals surface area contributed by atoms with Crippen LogP contribution in [0.4, 0.5) is 20.2 Å². The van der Waals surface area contributed by atoms with Crippen molar-refractivity contribution in [2.75, 3.05) is 31.6 Å². The summed E-state index contributed by atoms with van der Waals surface area (Å²) in [5, 5.41) is 14.2. The number of nitro benzene ring substituents is 1. The van der Waals surface area contributed by atoms with Gasteiger partial charge in [-0.3, -0.25) is 14.9 Å². The first-order valence-corrected chi connectivity index (χ1v) is 9.82. The van der Waals surface area contributed by atoms with E-state index in [4.69, 9.17) is 4.74 Å². The molecule has 0 bridgehead atoms. The molecular weight excluding hydrogens is 412 g/mol. The lowest BCUT2D eigenvalue weighted by Crippen LogP contribution is -2.26. The number of hydrogen-bond acceptors (Lipinski definition) is 6. The van der Waals surface area contributed by atoms with Gasteiger partial charge in [0.15, 0.2) is 11.5 Å². The molecule has 0 unspecified atom stereocenters. The van der Waals surface area contributed by atoms with E-state index in [2.05, 4.69) is 10.1 Å². The summed E-state index contributed by atoms with van der Waals surface area (Å²) in [7, 11) is 1.35. The van der Waals surface area contributed by atoms with E-state index in [0.717, 1.165) is 31.5 Å². The highest BCUT2D eigenvalue weighted by Gasteiger charge is 2.23. The predicted molar refractivity (Wildman–Crippen MR) is 110 cm³/mol. The first-order valence-electron chi connectivity index (χ1n) is 9.82. The van der Waals surface area contributed by atoms with Gasteiger partial charge in [0.25, 0.3) is 11.6 Å². The third-order valence-corrected chi connectivity index (χ3v) is 5.02. The Bertz CT molecular complexity index is 949. The Balaban J connectivity index is 1.63. The number of rotatable bonds is 9. The quantitative estimate of drug-likeness (QED) is 0.476. The van der Waals surface area contributed by atoms with Crippen LogP contribution in [0.5, 0.6) is 11.5 Å². The van der Waals surface area contributed by atoms with Crippen LogP contribution in [0.2, 0.25) is 0 Å². The number of nitrogens with zero attached hydrogens (tertiary/aromatic N) is 2. The molecule has 31 heavy (non-hydrogen) atoms. The maximum Gasteiger partial charge on any atom is 0.387 e. The van der Waals surface area contributed by atoms with Gasteiger partial charge in [-0.2, -0.15) is 8.78 Å². The number of amides is 1. The van der Waals surface area contributed by atoms with Crippen LogP contribution in [-0.4, -0.2) is 44.2 Å².